The highest BCUT2D eigenvalue weighted by atomic mass is 19.1. The molecule has 0 radical (unpaired) electrons. The van der Waals surface area contributed by atoms with Gasteiger partial charge in [0.1, 0.15) is 5.82 Å². The molecule has 0 aliphatic heterocycles. The molecule has 4 N–H and O–H groups in total. The Morgan fingerprint density at radius 2 is 2.06 bits per heavy atom. The van der Waals surface area contributed by atoms with Gasteiger partial charge in [0.15, 0.2) is 0 Å². The second-order valence-corrected chi connectivity index (χ2v) is 4.76. The smallest absolute Gasteiger partial charge is 0.237 e. The third-order valence-electron chi connectivity index (χ3n) is 3.02. The van der Waals surface area contributed by atoms with Crippen molar-refractivity contribution in [2.75, 3.05) is 18.5 Å². The summed E-state index contributed by atoms with van der Waals surface area (Å²) in [6.45, 7) is 2.22. The predicted octanol–water partition coefficient (Wildman–Crippen LogP) is 1.24. The first-order valence-electron chi connectivity index (χ1n) is 5.89. The van der Waals surface area contributed by atoms with E-state index in [1.165, 1.54) is 6.07 Å². The molecule has 18 heavy (non-hydrogen) atoms. The van der Waals surface area contributed by atoms with Gasteiger partial charge in [0, 0.05) is 13.6 Å². The third-order valence-corrected chi connectivity index (χ3v) is 3.02. The SMILES string of the molecule is CN(CCCC(C)(N)C(N)=O)c1ccccc1F. The Morgan fingerprint density at radius 1 is 1.44 bits per heavy atom. The summed E-state index contributed by atoms with van der Waals surface area (Å²) in [4.78, 5) is 12.8. The van der Waals surface area contributed by atoms with E-state index in [0.717, 1.165) is 0 Å². The molecule has 0 fully saturated rings. The van der Waals surface area contributed by atoms with E-state index in [2.05, 4.69) is 0 Å². The van der Waals surface area contributed by atoms with Crippen LogP contribution in [0.3, 0.4) is 0 Å². The van der Waals surface area contributed by atoms with Gasteiger partial charge >= 0.3 is 0 Å². The molecule has 1 aromatic rings. The van der Waals surface area contributed by atoms with Crippen LogP contribution in [0.5, 0.6) is 0 Å². The highest BCUT2D eigenvalue weighted by molar-refractivity contribution is 5.83. The summed E-state index contributed by atoms with van der Waals surface area (Å²) in [5, 5.41) is 0. The van der Waals surface area contributed by atoms with E-state index in [4.69, 9.17) is 11.5 Å². The molecule has 4 nitrogen and oxygen atoms in total. The molecule has 0 heterocycles. The monoisotopic (exact) mass is 253 g/mol. The molecule has 1 aromatic carbocycles. The zero-order valence-electron chi connectivity index (χ0n) is 10.8. The first-order chi connectivity index (χ1) is 8.34. The first kappa shape index (κ1) is 14.4. The maximum atomic E-state index is 13.5. The molecule has 0 aliphatic rings. The largest absolute Gasteiger partial charge is 0.372 e. The number of para-hydroxylation sites is 1. The first-order valence-corrected chi connectivity index (χ1v) is 5.89. The number of primary amides is 1. The molecule has 1 rings (SSSR count). The van der Waals surface area contributed by atoms with Gasteiger partial charge in [0.05, 0.1) is 11.2 Å². The van der Waals surface area contributed by atoms with Gasteiger partial charge in [0.25, 0.3) is 0 Å². The number of halogens is 1. The van der Waals surface area contributed by atoms with Crippen molar-refractivity contribution in [3.05, 3.63) is 30.1 Å². The summed E-state index contributed by atoms with van der Waals surface area (Å²) >= 11 is 0. The molecule has 1 amide bonds. The number of nitrogens with zero attached hydrogens (tertiary/aromatic N) is 1. The molecular formula is C13H20FN3O. The fraction of sp³-hybridized carbons (Fsp3) is 0.462. The quantitative estimate of drug-likeness (QED) is 0.801. The second-order valence-electron chi connectivity index (χ2n) is 4.76. The van der Waals surface area contributed by atoms with E-state index in [1.54, 1.807) is 37.1 Å². The van der Waals surface area contributed by atoms with E-state index in [9.17, 15) is 9.18 Å². The lowest BCUT2D eigenvalue weighted by molar-refractivity contribution is -0.122. The number of hydrogen-bond acceptors (Lipinski definition) is 3. The number of amides is 1. The van der Waals surface area contributed by atoms with Crippen molar-refractivity contribution >= 4 is 11.6 Å². The Kier molecular flexibility index (Phi) is 4.67. The maximum Gasteiger partial charge on any atom is 0.237 e. The number of carbonyl (C=O) groups is 1. The normalized spacial score (nSPS) is 14.0. The number of benzene rings is 1. The second kappa shape index (κ2) is 5.82. The number of rotatable bonds is 6. The number of nitrogens with two attached hydrogens (primary N) is 2. The van der Waals surface area contributed by atoms with E-state index < -0.39 is 11.4 Å². The number of hydrogen-bond donors (Lipinski definition) is 2. The molecule has 0 saturated carbocycles. The van der Waals surface area contributed by atoms with Gasteiger partial charge in [-0.15, -0.1) is 0 Å². The molecule has 0 saturated heterocycles. The molecular weight excluding hydrogens is 233 g/mol. The topological polar surface area (TPSA) is 72.3 Å². The molecule has 1 unspecified atom stereocenters. The average molecular weight is 253 g/mol. The minimum Gasteiger partial charge on any atom is -0.372 e. The van der Waals surface area contributed by atoms with Gasteiger partial charge in [-0.2, -0.15) is 0 Å². The van der Waals surface area contributed by atoms with Gasteiger partial charge in [-0.3, -0.25) is 4.79 Å². The number of carbonyl (C=O) groups excluding carboxylic acids is 1. The Bertz CT molecular complexity index is 420. The Morgan fingerprint density at radius 3 is 2.61 bits per heavy atom. The van der Waals surface area contributed by atoms with Crippen LogP contribution in [0.4, 0.5) is 10.1 Å². The van der Waals surface area contributed by atoms with Gasteiger partial charge < -0.3 is 16.4 Å². The van der Waals surface area contributed by atoms with Gasteiger partial charge in [-0.05, 0) is 31.9 Å². The van der Waals surface area contributed by atoms with Crippen LogP contribution in [-0.4, -0.2) is 25.0 Å². The molecule has 0 aromatic heterocycles. The van der Waals surface area contributed by atoms with Crippen molar-refractivity contribution in [2.24, 2.45) is 11.5 Å². The van der Waals surface area contributed by atoms with E-state index in [-0.39, 0.29) is 5.82 Å². The van der Waals surface area contributed by atoms with Crippen molar-refractivity contribution in [1.29, 1.82) is 0 Å². The molecule has 100 valence electrons. The summed E-state index contributed by atoms with van der Waals surface area (Å²) in [5.41, 5.74) is 10.5. The van der Waals surface area contributed by atoms with E-state index in [1.807, 2.05) is 0 Å². The van der Waals surface area contributed by atoms with Gasteiger partial charge in [-0.1, -0.05) is 12.1 Å². The molecule has 0 bridgehead atoms. The van der Waals surface area contributed by atoms with Crippen molar-refractivity contribution in [3.8, 4) is 0 Å². The van der Waals surface area contributed by atoms with E-state index in [0.29, 0.717) is 25.1 Å². The van der Waals surface area contributed by atoms with Crippen molar-refractivity contribution in [2.45, 2.75) is 25.3 Å². The Labute approximate surface area is 107 Å². The van der Waals surface area contributed by atoms with Crippen molar-refractivity contribution in [3.63, 3.8) is 0 Å². The third kappa shape index (κ3) is 3.70. The molecule has 1 atom stereocenters. The van der Waals surface area contributed by atoms with Crippen LogP contribution in [0.25, 0.3) is 0 Å². The lowest BCUT2D eigenvalue weighted by atomic mass is 9.96. The van der Waals surface area contributed by atoms with Crippen LogP contribution in [0, 0.1) is 5.82 Å². The van der Waals surface area contributed by atoms with Crippen LogP contribution in [0.1, 0.15) is 19.8 Å². The lowest BCUT2D eigenvalue weighted by Crippen LogP contribution is -2.49. The lowest BCUT2D eigenvalue weighted by Gasteiger charge is -2.24. The van der Waals surface area contributed by atoms with Crippen molar-refractivity contribution in [1.82, 2.24) is 0 Å². The summed E-state index contributed by atoms with van der Waals surface area (Å²) in [6.07, 6.45) is 1.14. The van der Waals surface area contributed by atoms with Crippen LogP contribution in [0.15, 0.2) is 24.3 Å². The Balaban J connectivity index is 2.50. The highest BCUT2D eigenvalue weighted by Crippen LogP contribution is 2.18. The Hall–Kier alpha value is -1.62. The fourth-order valence-corrected chi connectivity index (χ4v) is 1.69. The average Bonchev–Trinajstić information content (AvgIpc) is 2.29. The standard InChI is InChI=1S/C13H20FN3O/c1-13(16,12(15)18)8-5-9-17(2)11-7-4-3-6-10(11)14/h3-4,6-7H,5,8-9,16H2,1-2H3,(H2,15,18). The van der Waals surface area contributed by atoms with Crippen LogP contribution >= 0.6 is 0 Å². The van der Waals surface area contributed by atoms with Gasteiger partial charge in [0.2, 0.25) is 5.91 Å². The molecule has 0 spiro atoms. The summed E-state index contributed by atoms with van der Waals surface area (Å²) in [6, 6.07) is 6.56. The fourth-order valence-electron chi connectivity index (χ4n) is 1.69. The van der Waals surface area contributed by atoms with Crippen molar-refractivity contribution < 1.29 is 9.18 Å². The van der Waals surface area contributed by atoms with Crippen LogP contribution in [0.2, 0.25) is 0 Å². The minimum atomic E-state index is -1.00. The molecule has 5 heteroatoms. The zero-order chi connectivity index (χ0) is 13.8. The van der Waals surface area contributed by atoms with Crippen LogP contribution < -0.4 is 16.4 Å². The zero-order valence-corrected chi connectivity index (χ0v) is 10.8. The summed E-state index contributed by atoms with van der Waals surface area (Å²) < 4.78 is 13.5. The predicted molar refractivity (Wildman–Crippen MR) is 70.7 cm³/mol. The van der Waals surface area contributed by atoms with Crippen LogP contribution in [-0.2, 0) is 4.79 Å². The summed E-state index contributed by atoms with van der Waals surface area (Å²) in [5.74, 6) is -0.776. The number of anilines is 1. The maximum absolute atomic E-state index is 13.5. The van der Waals surface area contributed by atoms with Gasteiger partial charge in [-0.25, -0.2) is 4.39 Å². The molecule has 0 aliphatic carbocycles. The van der Waals surface area contributed by atoms with E-state index >= 15 is 0 Å². The summed E-state index contributed by atoms with van der Waals surface area (Å²) in [7, 11) is 1.80. The highest BCUT2D eigenvalue weighted by Gasteiger charge is 2.24. The minimum absolute atomic E-state index is 0.259.